The zero-order chi connectivity index (χ0) is 16.5. The molecule has 0 saturated carbocycles. The molecular weight excluding hydrogens is 392 g/mol. The van der Waals surface area contributed by atoms with Gasteiger partial charge in [0, 0.05) is 4.47 Å². The predicted molar refractivity (Wildman–Crippen MR) is 87.5 cm³/mol. The van der Waals surface area contributed by atoms with E-state index in [1.165, 1.54) is 30.3 Å². The molecule has 0 amide bonds. The first-order valence-electron chi connectivity index (χ1n) is 6.01. The van der Waals surface area contributed by atoms with Crippen LogP contribution in [0.4, 0.5) is 5.69 Å². The summed E-state index contributed by atoms with van der Waals surface area (Å²) in [4.78, 5) is -0.0680. The van der Waals surface area contributed by atoms with Crippen molar-refractivity contribution in [2.24, 2.45) is 5.14 Å². The average molecular weight is 405 g/mol. The van der Waals surface area contributed by atoms with Gasteiger partial charge in [-0.05, 0) is 42.8 Å². The van der Waals surface area contributed by atoms with Crippen LogP contribution in [-0.2, 0) is 20.0 Å². The normalized spacial score (nSPS) is 12.1. The number of sulfonamides is 2. The van der Waals surface area contributed by atoms with Crippen LogP contribution in [0, 0.1) is 6.92 Å². The number of primary sulfonamides is 1. The molecule has 0 heterocycles. The molecule has 118 valence electrons. The molecule has 0 aliphatic carbocycles. The Morgan fingerprint density at radius 3 is 2.36 bits per heavy atom. The van der Waals surface area contributed by atoms with Gasteiger partial charge < -0.3 is 0 Å². The zero-order valence-electron chi connectivity index (χ0n) is 11.4. The van der Waals surface area contributed by atoms with Crippen molar-refractivity contribution in [2.75, 3.05) is 4.72 Å². The van der Waals surface area contributed by atoms with Gasteiger partial charge in [0.05, 0.1) is 15.5 Å². The molecule has 0 aliphatic heterocycles. The van der Waals surface area contributed by atoms with Crippen molar-refractivity contribution in [3.63, 3.8) is 0 Å². The number of hydrogen-bond acceptors (Lipinski definition) is 4. The summed E-state index contributed by atoms with van der Waals surface area (Å²) in [6.45, 7) is 1.67. The number of hydrogen-bond donors (Lipinski definition) is 2. The maximum Gasteiger partial charge on any atom is 0.262 e. The summed E-state index contributed by atoms with van der Waals surface area (Å²) < 4.78 is 50.4. The Hall–Kier alpha value is -1.42. The van der Waals surface area contributed by atoms with E-state index in [1.807, 2.05) is 0 Å². The van der Waals surface area contributed by atoms with Gasteiger partial charge in [-0.3, -0.25) is 4.72 Å². The molecule has 2 rings (SSSR count). The van der Waals surface area contributed by atoms with E-state index in [9.17, 15) is 16.8 Å². The smallest absolute Gasteiger partial charge is 0.262 e. The van der Waals surface area contributed by atoms with Crippen molar-refractivity contribution >= 4 is 41.7 Å². The molecule has 0 bridgehead atoms. The van der Waals surface area contributed by atoms with E-state index in [0.717, 1.165) is 0 Å². The molecule has 0 fully saturated rings. The third-order valence-electron chi connectivity index (χ3n) is 2.85. The van der Waals surface area contributed by atoms with Crippen molar-refractivity contribution in [1.29, 1.82) is 0 Å². The fourth-order valence-corrected chi connectivity index (χ4v) is 4.20. The highest BCUT2D eigenvalue weighted by Crippen LogP contribution is 2.24. The van der Waals surface area contributed by atoms with Crippen LogP contribution < -0.4 is 9.86 Å². The fraction of sp³-hybridized carbons (Fsp3) is 0.0769. The SMILES string of the molecule is Cc1ccc(Br)cc1S(=O)(=O)Nc1cccc(S(N)(=O)=O)c1. The molecule has 3 N–H and O–H groups in total. The number of nitrogens with two attached hydrogens (primary N) is 1. The van der Waals surface area contributed by atoms with E-state index in [-0.39, 0.29) is 15.5 Å². The Bertz CT molecular complexity index is 925. The van der Waals surface area contributed by atoms with Crippen LogP contribution in [0.1, 0.15) is 5.56 Å². The van der Waals surface area contributed by atoms with Crippen molar-refractivity contribution in [1.82, 2.24) is 0 Å². The Labute approximate surface area is 137 Å². The molecule has 0 aromatic heterocycles. The molecule has 0 spiro atoms. The lowest BCUT2D eigenvalue weighted by atomic mass is 10.2. The lowest BCUT2D eigenvalue weighted by Crippen LogP contribution is -2.16. The third kappa shape index (κ3) is 3.86. The van der Waals surface area contributed by atoms with Gasteiger partial charge in [-0.1, -0.05) is 28.1 Å². The molecule has 2 aromatic carbocycles. The minimum atomic E-state index is -3.90. The number of halogens is 1. The zero-order valence-corrected chi connectivity index (χ0v) is 14.7. The highest BCUT2D eigenvalue weighted by molar-refractivity contribution is 9.10. The minimum Gasteiger partial charge on any atom is -0.280 e. The molecule has 9 heteroatoms. The van der Waals surface area contributed by atoms with E-state index in [0.29, 0.717) is 10.0 Å². The first kappa shape index (κ1) is 16.9. The molecule has 6 nitrogen and oxygen atoms in total. The van der Waals surface area contributed by atoms with Gasteiger partial charge in [-0.2, -0.15) is 0 Å². The monoisotopic (exact) mass is 404 g/mol. The first-order valence-corrected chi connectivity index (χ1v) is 9.84. The van der Waals surface area contributed by atoms with Crippen LogP contribution in [0.2, 0.25) is 0 Å². The summed E-state index contributed by atoms with van der Waals surface area (Å²) in [5, 5.41) is 5.03. The van der Waals surface area contributed by atoms with Gasteiger partial charge in [0.25, 0.3) is 10.0 Å². The summed E-state index contributed by atoms with van der Waals surface area (Å²) in [5.41, 5.74) is 0.684. The Kier molecular flexibility index (Phi) is 4.62. The quantitative estimate of drug-likeness (QED) is 0.813. The molecule has 0 unspecified atom stereocenters. The highest BCUT2D eigenvalue weighted by atomic mass is 79.9. The van der Waals surface area contributed by atoms with Crippen molar-refractivity contribution < 1.29 is 16.8 Å². The Balaban J connectivity index is 2.44. The minimum absolute atomic E-state index is 0.0999. The summed E-state index contributed by atoms with van der Waals surface area (Å²) in [7, 11) is -7.75. The van der Waals surface area contributed by atoms with Crippen molar-refractivity contribution in [3.8, 4) is 0 Å². The molecule has 0 radical (unpaired) electrons. The largest absolute Gasteiger partial charge is 0.280 e. The Morgan fingerprint density at radius 1 is 1.05 bits per heavy atom. The molecule has 0 atom stereocenters. The third-order valence-corrected chi connectivity index (χ3v) is 5.78. The van der Waals surface area contributed by atoms with Gasteiger partial charge in [0.15, 0.2) is 0 Å². The van der Waals surface area contributed by atoms with Crippen molar-refractivity contribution in [2.45, 2.75) is 16.7 Å². The number of benzene rings is 2. The summed E-state index contributed by atoms with van der Waals surface area (Å²) in [5.74, 6) is 0. The fourth-order valence-electron chi connectivity index (χ4n) is 1.81. The molecule has 0 saturated heterocycles. The lowest BCUT2D eigenvalue weighted by Gasteiger charge is -2.11. The number of aryl methyl sites for hydroxylation is 1. The standard InChI is InChI=1S/C13H13BrN2O4S2/c1-9-5-6-10(14)7-13(9)22(19,20)16-11-3-2-4-12(8-11)21(15,17)18/h2-8,16H,1H3,(H2,15,17,18). The molecule has 22 heavy (non-hydrogen) atoms. The summed E-state index contributed by atoms with van der Waals surface area (Å²) in [6.07, 6.45) is 0. The van der Waals surface area contributed by atoms with Crippen molar-refractivity contribution in [3.05, 3.63) is 52.5 Å². The maximum absolute atomic E-state index is 12.4. The number of nitrogens with one attached hydrogen (secondary N) is 1. The van der Waals surface area contributed by atoms with E-state index in [2.05, 4.69) is 20.7 Å². The second kappa shape index (κ2) is 5.99. The van der Waals surface area contributed by atoms with Crippen LogP contribution in [0.25, 0.3) is 0 Å². The van der Waals surface area contributed by atoms with Crippen LogP contribution in [0.5, 0.6) is 0 Å². The maximum atomic E-state index is 12.4. The topological polar surface area (TPSA) is 106 Å². The second-order valence-corrected chi connectivity index (χ2v) is 8.72. The van der Waals surface area contributed by atoms with Crippen LogP contribution in [0.15, 0.2) is 56.7 Å². The first-order chi connectivity index (χ1) is 10.1. The molecular formula is C13H13BrN2O4S2. The second-order valence-electron chi connectivity index (χ2n) is 4.59. The molecule has 2 aromatic rings. The van der Waals surface area contributed by atoms with Crippen LogP contribution >= 0.6 is 15.9 Å². The van der Waals surface area contributed by atoms with Gasteiger partial charge in [0.2, 0.25) is 10.0 Å². The van der Waals surface area contributed by atoms with Crippen LogP contribution in [-0.4, -0.2) is 16.8 Å². The Morgan fingerprint density at radius 2 is 1.73 bits per heavy atom. The van der Waals surface area contributed by atoms with E-state index < -0.39 is 20.0 Å². The predicted octanol–water partition coefficient (Wildman–Crippen LogP) is 2.21. The lowest BCUT2D eigenvalue weighted by molar-refractivity contribution is 0.596. The summed E-state index contributed by atoms with van der Waals surface area (Å²) >= 11 is 3.22. The molecule has 0 aliphatic rings. The van der Waals surface area contributed by atoms with E-state index in [4.69, 9.17) is 5.14 Å². The number of rotatable bonds is 4. The van der Waals surface area contributed by atoms with Gasteiger partial charge >= 0.3 is 0 Å². The van der Waals surface area contributed by atoms with Gasteiger partial charge in [-0.25, -0.2) is 22.0 Å². The highest BCUT2D eigenvalue weighted by Gasteiger charge is 2.18. The van der Waals surface area contributed by atoms with E-state index >= 15 is 0 Å². The van der Waals surface area contributed by atoms with Gasteiger partial charge in [0.1, 0.15) is 0 Å². The van der Waals surface area contributed by atoms with Crippen LogP contribution in [0.3, 0.4) is 0 Å². The van der Waals surface area contributed by atoms with Gasteiger partial charge in [-0.15, -0.1) is 0 Å². The van der Waals surface area contributed by atoms with E-state index in [1.54, 1.807) is 19.1 Å². The summed E-state index contributed by atoms with van der Waals surface area (Å²) in [6, 6.07) is 10.2. The average Bonchev–Trinajstić information content (AvgIpc) is 2.40. The number of anilines is 1.